The number of rotatable bonds is 3. The molecule has 1 aromatic heterocycles. The van der Waals surface area contributed by atoms with Crippen LogP contribution in [0.4, 0.5) is 5.95 Å². The minimum absolute atomic E-state index is 0.364. The first-order valence-electron chi connectivity index (χ1n) is 7.68. The maximum atomic E-state index is 5.90. The summed E-state index contributed by atoms with van der Waals surface area (Å²) in [5.74, 6) is 1.65. The van der Waals surface area contributed by atoms with Crippen molar-refractivity contribution in [2.45, 2.75) is 25.7 Å². The van der Waals surface area contributed by atoms with Crippen LogP contribution in [0.3, 0.4) is 0 Å². The number of piperidine rings is 1. The predicted molar refractivity (Wildman–Crippen MR) is 88.0 cm³/mol. The van der Waals surface area contributed by atoms with Crippen molar-refractivity contribution < 1.29 is 4.74 Å². The van der Waals surface area contributed by atoms with Gasteiger partial charge in [-0.25, -0.2) is 9.97 Å². The zero-order chi connectivity index (χ0) is 15.5. The second-order valence-electron chi connectivity index (χ2n) is 5.68. The van der Waals surface area contributed by atoms with Gasteiger partial charge in [0.05, 0.1) is 18.5 Å². The molecule has 22 heavy (non-hydrogen) atoms. The molecule has 1 aliphatic heterocycles. The number of ether oxygens (including phenoxy) is 1. The third-order valence-electron chi connectivity index (χ3n) is 4.24. The van der Waals surface area contributed by atoms with Gasteiger partial charge in [-0.1, -0.05) is 12.1 Å². The van der Waals surface area contributed by atoms with E-state index in [1.54, 1.807) is 7.11 Å². The van der Waals surface area contributed by atoms with Crippen molar-refractivity contribution in [3.63, 3.8) is 0 Å². The van der Waals surface area contributed by atoms with Gasteiger partial charge in [-0.3, -0.25) is 0 Å². The van der Waals surface area contributed by atoms with Crippen molar-refractivity contribution in [2.75, 3.05) is 25.9 Å². The monoisotopic (exact) mass is 298 g/mol. The molecule has 2 aromatic rings. The quantitative estimate of drug-likeness (QED) is 0.911. The number of aryl methyl sites for hydroxylation is 1. The molecule has 5 heteroatoms. The van der Waals surface area contributed by atoms with Crippen molar-refractivity contribution in [2.24, 2.45) is 0 Å². The maximum Gasteiger partial charge on any atom is 0.220 e. The summed E-state index contributed by atoms with van der Waals surface area (Å²) in [4.78, 5) is 8.95. The molecule has 0 bridgehead atoms. The van der Waals surface area contributed by atoms with Crippen LogP contribution in [0.1, 0.15) is 30.1 Å². The molecule has 0 saturated carbocycles. The van der Waals surface area contributed by atoms with E-state index in [1.807, 2.05) is 19.1 Å². The number of anilines is 1. The second-order valence-corrected chi connectivity index (χ2v) is 5.68. The van der Waals surface area contributed by atoms with Crippen LogP contribution in [0, 0.1) is 6.92 Å². The molecule has 0 aliphatic carbocycles. The van der Waals surface area contributed by atoms with Crippen LogP contribution in [0.15, 0.2) is 24.3 Å². The fraction of sp³-hybridized carbons (Fsp3) is 0.412. The van der Waals surface area contributed by atoms with E-state index in [1.165, 1.54) is 0 Å². The third kappa shape index (κ3) is 2.90. The van der Waals surface area contributed by atoms with Crippen molar-refractivity contribution >= 4 is 5.95 Å². The van der Waals surface area contributed by atoms with Crippen molar-refractivity contribution in [3.05, 3.63) is 35.7 Å². The van der Waals surface area contributed by atoms with E-state index in [-0.39, 0.29) is 0 Å². The highest BCUT2D eigenvalue weighted by molar-refractivity contribution is 5.70. The average molecular weight is 298 g/mol. The van der Waals surface area contributed by atoms with Gasteiger partial charge < -0.3 is 15.8 Å². The number of aromatic nitrogens is 2. The van der Waals surface area contributed by atoms with E-state index < -0.39 is 0 Å². The number of nitrogen functional groups attached to an aromatic ring is 1. The third-order valence-corrected chi connectivity index (χ3v) is 4.24. The molecule has 1 aromatic carbocycles. The van der Waals surface area contributed by atoms with E-state index in [0.717, 1.165) is 54.2 Å². The first-order valence-corrected chi connectivity index (χ1v) is 7.68. The molecule has 0 amide bonds. The first-order chi connectivity index (χ1) is 10.7. The number of benzene rings is 1. The van der Waals surface area contributed by atoms with Gasteiger partial charge in [0.25, 0.3) is 0 Å². The molecule has 2 heterocycles. The van der Waals surface area contributed by atoms with E-state index in [2.05, 4.69) is 27.4 Å². The van der Waals surface area contributed by atoms with Gasteiger partial charge in [0.15, 0.2) is 0 Å². The molecule has 1 aliphatic rings. The van der Waals surface area contributed by atoms with Crippen LogP contribution in [0.2, 0.25) is 0 Å². The van der Waals surface area contributed by atoms with Crippen LogP contribution in [0.25, 0.3) is 11.1 Å². The summed E-state index contributed by atoms with van der Waals surface area (Å²) in [6.45, 7) is 4.05. The Morgan fingerprint density at radius 1 is 1.14 bits per heavy atom. The summed E-state index contributed by atoms with van der Waals surface area (Å²) >= 11 is 0. The second kappa shape index (κ2) is 6.32. The van der Waals surface area contributed by atoms with Gasteiger partial charge in [0.1, 0.15) is 5.75 Å². The molecule has 0 atom stereocenters. The Hall–Kier alpha value is -2.14. The molecule has 116 valence electrons. The number of hydrogen-bond acceptors (Lipinski definition) is 5. The normalized spacial score (nSPS) is 15.7. The Balaban J connectivity index is 2.07. The molecule has 3 N–H and O–H groups in total. The molecule has 1 fully saturated rings. The summed E-state index contributed by atoms with van der Waals surface area (Å²) in [6, 6.07) is 8.06. The fourth-order valence-electron chi connectivity index (χ4n) is 3.12. The molecule has 3 rings (SSSR count). The topological polar surface area (TPSA) is 73.1 Å². The Labute approximate surface area is 130 Å². The van der Waals surface area contributed by atoms with Crippen LogP contribution >= 0.6 is 0 Å². The van der Waals surface area contributed by atoms with Gasteiger partial charge in [-0.05, 0) is 50.6 Å². The molecule has 0 unspecified atom stereocenters. The molecular weight excluding hydrogens is 276 g/mol. The van der Waals surface area contributed by atoms with Crippen LogP contribution in [0.5, 0.6) is 5.75 Å². The lowest BCUT2D eigenvalue weighted by Crippen LogP contribution is -2.27. The molecule has 0 radical (unpaired) electrons. The molecule has 0 spiro atoms. The van der Waals surface area contributed by atoms with Crippen molar-refractivity contribution in [1.29, 1.82) is 0 Å². The highest BCUT2D eigenvalue weighted by Gasteiger charge is 2.23. The number of nitrogens with two attached hydrogens (primary N) is 1. The molecular formula is C17H22N4O. The molecule has 1 saturated heterocycles. The van der Waals surface area contributed by atoms with Crippen molar-refractivity contribution in [3.8, 4) is 16.9 Å². The SMILES string of the molecule is COc1ccc(-c2c(C)nc(N)nc2C2CCNCC2)cc1. The highest BCUT2D eigenvalue weighted by atomic mass is 16.5. The average Bonchev–Trinajstić information content (AvgIpc) is 2.55. The van der Waals surface area contributed by atoms with E-state index in [4.69, 9.17) is 10.5 Å². The van der Waals surface area contributed by atoms with Gasteiger partial charge in [0.2, 0.25) is 5.95 Å². The van der Waals surface area contributed by atoms with Gasteiger partial charge in [-0.15, -0.1) is 0 Å². The van der Waals surface area contributed by atoms with E-state index in [9.17, 15) is 0 Å². The Bertz CT molecular complexity index is 648. The summed E-state index contributed by atoms with van der Waals surface area (Å²) in [7, 11) is 1.67. The van der Waals surface area contributed by atoms with E-state index >= 15 is 0 Å². The minimum Gasteiger partial charge on any atom is -0.497 e. The van der Waals surface area contributed by atoms with Crippen LogP contribution < -0.4 is 15.8 Å². The smallest absolute Gasteiger partial charge is 0.220 e. The minimum atomic E-state index is 0.364. The van der Waals surface area contributed by atoms with E-state index in [0.29, 0.717) is 11.9 Å². The highest BCUT2D eigenvalue weighted by Crippen LogP contribution is 2.35. The number of nitrogens with zero attached hydrogens (tertiary/aromatic N) is 2. The number of methoxy groups -OCH3 is 1. The largest absolute Gasteiger partial charge is 0.497 e. The lowest BCUT2D eigenvalue weighted by molar-refractivity contribution is 0.415. The number of hydrogen-bond donors (Lipinski definition) is 2. The van der Waals surface area contributed by atoms with Crippen LogP contribution in [-0.2, 0) is 0 Å². The summed E-state index contributed by atoms with van der Waals surface area (Å²) in [6.07, 6.45) is 2.16. The maximum absolute atomic E-state index is 5.90. The summed E-state index contributed by atoms with van der Waals surface area (Å²) < 4.78 is 5.24. The zero-order valence-electron chi connectivity index (χ0n) is 13.1. The first kappa shape index (κ1) is 14.8. The Morgan fingerprint density at radius 3 is 2.45 bits per heavy atom. The number of nitrogens with one attached hydrogen (secondary N) is 1. The van der Waals surface area contributed by atoms with Gasteiger partial charge in [-0.2, -0.15) is 0 Å². The fourth-order valence-corrected chi connectivity index (χ4v) is 3.12. The Kier molecular flexibility index (Phi) is 4.24. The van der Waals surface area contributed by atoms with Gasteiger partial charge in [0, 0.05) is 11.5 Å². The lowest BCUT2D eigenvalue weighted by Gasteiger charge is -2.25. The summed E-state index contributed by atoms with van der Waals surface area (Å²) in [5.41, 5.74) is 10.1. The lowest BCUT2D eigenvalue weighted by atomic mass is 9.88. The van der Waals surface area contributed by atoms with Gasteiger partial charge >= 0.3 is 0 Å². The standard InChI is InChI=1S/C17H22N4O/c1-11-15(12-3-5-14(22-2)6-4-12)16(21-17(18)20-11)13-7-9-19-10-8-13/h3-6,13,19H,7-10H2,1-2H3,(H2,18,20,21). The zero-order valence-corrected chi connectivity index (χ0v) is 13.1. The summed E-state index contributed by atoms with van der Waals surface area (Å²) in [5, 5.41) is 3.40. The molecule has 5 nitrogen and oxygen atoms in total. The van der Waals surface area contributed by atoms with Crippen LogP contribution in [-0.4, -0.2) is 30.2 Å². The Morgan fingerprint density at radius 2 is 1.82 bits per heavy atom. The predicted octanol–water partition coefficient (Wildman–Crippen LogP) is 2.51. The van der Waals surface area contributed by atoms with Crippen molar-refractivity contribution in [1.82, 2.24) is 15.3 Å².